The highest BCUT2D eigenvalue weighted by Crippen LogP contribution is 2.28. The smallest absolute Gasteiger partial charge is 0.263 e. The predicted octanol–water partition coefficient (Wildman–Crippen LogP) is 2.14. The van der Waals surface area contributed by atoms with Gasteiger partial charge in [-0.05, 0) is 26.7 Å². The van der Waals surface area contributed by atoms with Crippen LogP contribution in [0.5, 0.6) is 0 Å². The molecule has 1 amide bonds. The molecule has 7 heteroatoms. The third-order valence-electron chi connectivity index (χ3n) is 3.91. The summed E-state index contributed by atoms with van der Waals surface area (Å²) in [7, 11) is 1.96. The molecule has 0 bridgehead atoms. The molecule has 22 heavy (non-hydrogen) atoms. The number of imidazole rings is 1. The fourth-order valence-electron chi connectivity index (χ4n) is 2.80. The molecule has 2 unspecified atom stereocenters. The van der Waals surface area contributed by atoms with Gasteiger partial charge in [0.25, 0.3) is 5.91 Å². The first-order chi connectivity index (χ1) is 10.5. The molecule has 118 valence electrons. The number of carbonyl (C=O) groups excluding carboxylic acids is 1. The first kappa shape index (κ1) is 15.2. The first-order valence-corrected chi connectivity index (χ1v) is 8.19. The number of nitrogens with zero attached hydrogens (tertiary/aromatic N) is 3. The second kappa shape index (κ2) is 6.18. The lowest BCUT2D eigenvalue weighted by Crippen LogP contribution is -2.40. The summed E-state index contributed by atoms with van der Waals surface area (Å²) in [5.41, 5.74) is 1.85. The molecule has 2 aromatic rings. The molecule has 0 saturated carbocycles. The van der Waals surface area contributed by atoms with Crippen LogP contribution in [0.4, 0.5) is 0 Å². The van der Waals surface area contributed by atoms with E-state index in [1.54, 1.807) is 6.33 Å². The third-order valence-corrected chi connectivity index (χ3v) is 4.98. The van der Waals surface area contributed by atoms with Crippen molar-refractivity contribution >= 4 is 17.2 Å². The summed E-state index contributed by atoms with van der Waals surface area (Å²) in [5.74, 6) is -0.0289. The molecular formula is C15H20N4O2S. The van der Waals surface area contributed by atoms with Crippen molar-refractivity contribution in [2.75, 3.05) is 6.61 Å². The zero-order valence-electron chi connectivity index (χ0n) is 13.0. The molecule has 6 nitrogen and oxygen atoms in total. The quantitative estimate of drug-likeness (QED) is 0.941. The summed E-state index contributed by atoms with van der Waals surface area (Å²) in [6.07, 6.45) is 5.17. The van der Waals surface area contributed by atoms with Crippen LogP contribution >= 0.6 is 11.3 Å². The van der Waals surface area contributed by atoms with Crippen molar-refractivity contribution in [3.63, 3.8) is 0 Å². The number of hydrogen-bond donors (Lipinski definition) is 1. The largest absolute Gasteiger partial charge is 0.372 e. The van der Waals surface area contributed by atoms with E-state index in [0.29, 0.717) is 11.5 Å². The molecule has 1 fully saturated rings. The molecule has 0 aromatic carbocycles. The van der Waals surface area contributed by atoms with Gasteiger partial charge in [-0.25, -0.2) is 9.97 Å². The molecule has 1 saturated heterocycles. The minimum Gasteiger partial charge on any atom is -0.372 e. The molecule has 1 aliphatic heterocycles. The van der Waals surface area contributed by atoms with Gasteiger partial charge in [-0.1, -0.05) is 0 Å². The highest BCUT2D eigenvalue weighted by molar-refractivity contribution is 7.13. The van der Waals surface area contributed by atoms with Crippen LogP contribution in [0.1, 0.15) is 45.0 Å². The molecule has 0 spiro atoms. The van der Waals surface area contributed by atoms with E-state index in [4.69, 9.17) is 4.74 Å². The fourth-order valence-corrected chi connectivity index (χ4v) is 3.63. The number of ether oxygens (including phenoxy) is 1. The van der Waals surface area contributed by atoms with Crippen molar-refractivity contribution in [2.24, 2.45) is 7.05 Å². The fraction of sp³-hybridized carbons (Fsp3) is 0.533. The number of aromatic nitrogens is 3. The van der Waals surface area contributed by atoms with Crippen LogP contribution in [0, 0.1) is 13.8 Å². The van der Waals surface area contributed by atoms with Crippen LogP contribution in [-0.4, -0.2) is 33.1 Å². The standard InChI is InChI=1S/C15H20N4O2S/c1-9-14(22-10(2)17-9)15(20)18-11-4-5-21-13(6-11)12-7-16-8-19(12)3/h7-8,11,13H,4-6H2,1-3H3,(H,18,20). The Bertz CT molecular complexity index is 679. The number of carbonyl (C=O) groups is 1. The molecule has 2 atom stereocenters. The normalized spacial score (nSPS) is 21.8. The molecule has 0 radical (unpaired) electrons. The van der Waals surface area contributed by atoms with E-state index < -0.39 is 0 Å². The minimum absolute atomic E-state index is 0.0177. The summed E-state index contributed by atoms with van der Waals surface area (Å²) in [6, 6.07) is 0.114. The lowest BCUT2D eigenvalue weighted by Gasteiger charge is -2.30. The number of rotatable bonds is 3. The lowest BCUT2D eigenvalue weighted by atomic mass is 10.0. The van der Waals surface area contributed by atoms with Crippen molar-refractivity contribution in [1.82, 2.24) is 19.9 Å². The highest BCUT2D eigenvalue weighted by Gasteiger charge is 2.27. The van der Waals surface area contributed by atoms with Crippen molar-refractivity contribution in [3.8, 4) is 0 Å². The van der Waals surface area contributed by atoms with Crippen LogP contribution < -0.4 is 5.32 Å². The maximum atomic E-state index is 12.4. The number of thiazole rings is 1. The Balaban J connectivity index is 1.67. The summed E-state index contributed by atoms with van der Waals surface area (Å²) in [4.78, 5) is 21.6. The maximum absolute atomic E-state index is 12.4. The second-order valence-corrected chi connectivity index (χ2v) is 6.83. The number of nitrogens with one attached hydrogen (secondary N) is 1. The Labute approximate surface area is 133 Å². The maximum Gasteiger partial charge on any atom is 0.263 e. The average Bonchev–Trinajstić information content (AvgIpc) is 3.04. The van der Waals surface area contributed by atoms with E-state index in [1.165, 1.54) is 11.3 Å². The Hall–Kier alpha value is -1.73. The van der Waals surface area contributed by atoms with Gasteiger partial charge in [-0.3, -0.25) is 4.79 Å². The molecular weight excluding hydrogens is 300 g/mol. The highest BCUT2D eigenvalue weighted by atomic mass is 32.1. The van der Waals surface area contributed by atoms with Crippen LogP contribution in [0.2, 0.25) is 0 Å². The Morgan fingerprint density at radius 2 is 2.32 bits per heavy atom. The average molecular weight is 320 g/mol. The van der Waals surface area contributed by atoms with Gasteiger partial charge in [-0.15, -0.1) is 11.3 Å². The number of amides is 1. The van der Waals surface area contributed by atoms with Gasteiger partial charge < -0.3 is 14.6 Å². The number of aryl methyl sites for hydroxylation is 3. The van der Waals surface area contributed by atoms with Crippen LogP contribution in [0.15, 0.2) is 12.5 Å². The van der Waals surface area contributed by atoms with Gasteiger partial charge in [0.1, 0.15) is 11.0 Å². The van der Waals surface area contributed by atoms with Gasteiger partial charge in [-0.2, -0.15) is 0 Å². The van der Waals surface area contributed by atoms with Crippen LogP contribution in [0.25, 0.3) is 0 Å². The summed E-state index contributed by atoms with van der Waals surface area (Å²) < 4.78 is 7.79. The third kappa shape index (κ3) is 3.05. The Kier molecular flexibility index (Phi) is 4.26. The number of hydrogen-bond acceptors (Lipinski definition) is 5. The zero-order valence-corrected chi connectivity index (χ0v) is 13.8. The van der Waals surface area contributed by atoms with E-state index in [9.17, 15) is 4.79 Å². The van der Waals surface area contributed by atoms with Gasteiger partial charge >= 0.3 is 0 Å². The van der Waals surface area contributed by atoms with Gasteiger partial charge in [0.05, 0.1) is 28.9 Å². The summed E-state index contributed by atoms with van der Waals surface area (Å²) >= 11 is 1.44. The van der Waals surface area contributed by atoms with E-state index in [0.717, 1.165) is 29.2 Å². The first-order valence-electron chi connectivity index (χ1n) is 7.37. The van der Waals surface area contributed by atoms with Crippen molar-refractivity contribution in [3.05, 3.63) is 33.8 Å². The summed E-state index contributed by atoms with van der Waals surface area (Å²) in [6.45, 7) is 4.43. The van der Waals surface area contributed by atoms with Gasteiger partial charge in [0.2, 0.25) is 0 Å². The summed E-state index contributed by atoms with van der Waals surface area (Å²) in [5, 5.41) is 4.04. The zero-order chi connectivity index (χ0) is 15.7. The van der Waals surface area contributed by atoms with Crippen molar-refractivity contribution in [1.29, 1.82) is 0 Å². The molecule has 0 aliphatic carbocycles. The topological polar surface area (TPSA) is 69.0 Å². The van der Waals surface area contributed by atoms with E-state index in [-0.39, 0.29) is 18.1 Å². The Morgan fingerprint density at radius 3 is 2.95 bits per heavy atom. The van der Waals surface area contributed by atoms with E-state index >= 15 is 0 Å². The van der Waals surface area contributed by atoms with Gasteiger partial charge in [0, 0.05) is 19.7 Å². The van der Waals surface area contributed by atoms with Crippen LogP contribution in [0.3, 0.4) is 0 Å². The monoisotopic (exact) mass is 320 g/mol. The lowest BCUT2D eigenvalue weighted by molar-refractivity contribution is -0.00299. The molecule has 2 aromatic heterocycles. The predicted molar refractivity (Wildman–Crippen MR) is 84.0 cm³/mol. The molecule has 3 rings (SSSR count). The van der Waals surface area contributed by atoms with Crippen LogP contribution in [-0.2, 0) is 11.8 Å². The second-order valence-electron chi connectivity index (χ2n) is 5.63. The van der Waals surface area contributed by atoms with Crippen molar-refractivity contribution in [2.45, 2.75) is 38.8 Å². The molecule has 1 N–H and O–H groups in total. The van der Waals surface area contributed by atoms with Gasteiger partial charge in [0.15, 0.2) is 0 Å². The Morgan fingerprint density at radius 1 is 1.50 bits per heavy atom. The van der Waals surface area contributed by atoms with Crippen molar-refractivity contribution < 1.29 is 9.53 Å². The molecule has 3 heterocycles. The molecule has 1 aliphatic rings. The minimum atomic E-state index is -0.0289. The van der Waals surface area contributed by atoms with E-state index in [2.05, 4.69) is 15.3 Å². The SMILES string of the molecule is Cc1nc(C)c(C(=O)NC2CCOC(c3cncn3C)C2)s1. The van der Waals surface area contributed by atoms with E-state index in [1.807, 2.05) is 31.7 Å².